The van der Waals surface area contributed by atoms with Gasteiger partial charge in [0.05, 0.1) is 0 Å². The van der Waals surface area contributed by atoms with Gasteiger partial charge in [0.1, 0.15) is 12.6 Å². The first-order valence-corrected chi connectivity index (χ1v) is 12.2. The van der Waals surface area contributed by atoms with Crippen molar-refractivity contribution in [3.63, 3.8) is 0 Å². The van der Waals surface area contributed by atoms with Gasteiger partial charge < -0.3 is 20.1 Å². The number of benzene rings is 3. The van der Waals surface area contributed by atoms with E-state index in [-0.39, 0.29) is 18.4 Å². The van der Waals surface area contributed by atoms with Gasteiger partial charge in [0.15, 0.2) is 0 Å². The molecule has 0 spiro atoms. The highest BCUT2D eigenvalue weighted by atomic mass is 16.5. The number of fused-ring (bicyclic) bond motifs is 3. The average molecular weight is 471 g/mol. The molecule has 1 aliphatic carbocycles. The second-order valence-corrected chi connectivity index (χ2v) is 9.36. The number of nitrogens with one attached hydrogen (secondary N) is 1. The lowest BCUT2D eigenvalue weighted by molar-refractivity contribution is -0.139. The van der Waals surface area contributed by atoms with Gasteiger partial charge in [-0.15, -0.1) is 0 Å². The molecule has 3 aromatic rings. The molecule has 0 unspecified atom stereocenters. The number of rotatable bonds is 7. The normalized spacial score (nSPS) is 16.3. The Morgan fingerprint density at radius 1 is 0.886 bits per heavy atom. The Bertz CT molecular complexity index is 1140. The molecular formula is C29H30N2O4. The number of amides is 1. The van der Waals surface area contributed by atoms with Crippen molar-refractivity contribution in [2.24, 2.45) is 5.92 Å². The second-order valence-electron chi connectivity index (χ2n) is 9.36. The smallest absolute Gasteiger partial charge is 0.407 e. The number of anilines is 1. The molecule has 0 aromatic heterocycles. The third-order valence-electron chi connectivity index (χ3n) is 7.24. The molecule has 1 atom stereocenters. The number of para-hydroxylation sites is 1. The number of aliphatic carboxylic acids is 1. The molecule has 6 nitrogen and oxygen atoms in total. The zero-order valence-electron chi connectivity index (χ0n) is 19.6. The number of carbonyl (C=O) groups is 2. The van der Waals surface area contributed by atoms with E-state index in [0.29, 0.717) is 6.42 Å². The molecule has 180 valence electrons. The van der Waals surface area contributed by atoms with E-state index < -0.39 is 18.1 Å². The number of carbonyl (C=O) groups excluding carboxylic acids is 1. The maximum absolute atomic E-state index is 12.6. The van der Waals surface area contributed by atoms with Crippen molar-refractivity contribution >= 4 is 17.7 Å². The number of hydrogen-bond donors (Lipinski definition) is 2. The van der Waals surface area contributed by atoms with Crippen LogP contribution in [0.4, 0.5) is 10.5 Å². The summed E-state index contributed by atoms with van der Waals surface area (Å²) < 4.78 is 5.56. The Morgan fingerprint density at radius 2 is 1.46 bits per heavy atom. The number of carboxylic acid groups (broad SMARTS) is 1. The lowest BCUT2D eigenvalue weighted by Gasteiger charge is -2.34. The van der Waals surface area contributed by atoms with Crippen LogP contribution in [0.2, 0.25) is 0 Å². The van der Waals surface area contributed by atoms with Crippen molar-refractivity contribution in [2.75, 3.05) is 24.6 Å². The lowest BCUT2D eigenvalue weighted by Crippen LogP contribution is -2.44. The summed E-state index contributed by atoms with van der Waals surface area (Å²) in [6, 6.07) is 25.6. The number of alkyl carbamates (subject to hydrolysis) is 1. The van der Waals surface area contributed by atoms with Crippen LogP contribution < -0.4 is 10.2 Å². The third kappa shape index (κ3) is 5.02. The summed E-state index contributed by atoms with van der Waals surface area (Å²) in [5.74, 6) is -0.840. The molecule has 0 saturated carbocycles. The molecule has 2 N–H and O–H groups in total. The van der Waals surface area contributed by atoms with Gasteiger partial charge in [0.2, 0.25) is 0 Å². The van der Waals surface area contributed by atoms with Gasteiger partial charge in [-0.25, -0.2) is 9.59 Å². The van der Waals surface area contributed by atoms with Gasteiger partial charge in [0.25, 0.3) is 0 Å². The van der Waals surface area contributed by atoms with Gasteiger partial charge in [-0.05, 0) is 59.6 Å². The van der Waals surface area contributed by atoms with E-state index in [1.165, 1.54) is 5.69 Å². The average Bonchev–Trinajstić information content (AvgIpc) is 3.21. The van der Waals surface area contributed by atoms with E-state index in [4.69, 9.17) is 4.74 Å². The van der Waals surface area contributed by atoms with Crippen LogP contribution in [0.15, 0.2) is 78.9 Å². The largest absolute Gasteiger partial charge is 0.480 e. The van der Waals surface area contributed by atoms with Crippen LogP contribution in [0.3, 0.4) is 0 Å². The summed E-state index contributed by atoms with van der Waals surface area (Å²) in [5, 5.41) is 12.3. The number of carboxylic acids is 1. The predicted octanol–water partition coefficient (Wildman–Crippen LogP) is 5.29. The zero-order valence-corrected chi connectivity index (χ0v) is 19.6. The molecule has 1 amide bonds. The summed E-state index contributed by atoms with van der Waals surface area (Å²) in [6.45, 7) is 1.93. The Balaban J connectivity index is 1.16. The summed E-state index contributed by atoms with van der Waals surface area (Å²) in [7, 11) is 0. The first kappa shape index (κ1) is 23.0. The monoisotopic (exact) mass is 470 g/mol. The minimum atomic E-state index is -1.02. The van der Waals surface area contributed by atoms with E-state index in [9.17, 15) is 14.7 Å². The van der Waals surface area contributed by atoms with E-state index in [2.05, 4.69) is 46.6 Å². The predicted molar refractivity (Wildman–Crippen MR) is 136 cm³/mol. The molecule has 0 bridgehead atoms. The third-order valence-corrected chi connectivity index (χ3v) is 7.24. The van der Waals surface area contributed by atoms with Crippen molar-refractivity contribution in [3.8, 4) is 11.1 Å². The van der Waals surface area contributed by atoms with Crippen LogP contribution in [0, 0.1) is 5.92 Å². The minimum absolute atomic E-state index is 0.0567. The first-order chi connectivity index (χ1) is 17.1. The van der Waals surface area contributed by atoms with Crippen molar-refractivity contribution < 1.29 is 19.4 Å². The Labute approximate surface area is 205 Å². The van der Waals surface area contributed by atoms with Gasteiger partial charge in [0, 0.05) is 24.7 Å². The zero-order chi connectivity index (χ0) is 24.2. The van der Waals surface area contributed by atoms with Crippen molar-refractivity contribution in [3.05, 3.63) is 90.0 Å². The fourth-order valence-electron chi connectivity index (χ4n) is 5.40. The van der Waals surface area contributed by atoms with Crippen LogP contribution in [-0.2, 0) is 9.53 Å². The summed E-state index contributed by atoms with van der Waals surface area (Å²) >= 11 is 0. The van der Waals surface area contributed by atoms with Gasteiger partial charge in [-0.2, -0.15) is 0 Å². The van der Waals surface area contributed by atoms with Gasteiger partial charge >= 0.3 is 12.1 Å². The molecule has 35 heavy (non-hydrogen) atoms. The Kier molecular flexibility index (Phi) is 6.70. The second kappa shape index (κ2) is 10.2. The number of hydrogen-bond acceptors (Lipinski definition) is 4. The lowest BCUT2D eigenvalue weighted by atomic mass is 9.90. The van der Waals surface area contributed by atoms with Gasteiger partial charge in [-0.3, -0.25) is 0 Å². The molecule has 2 aliphatic rings. The molecule has 1 heterocycles. The highest BCUT2D eigenvalue weighted by Crippen LogP contribution is 2.44. The summed E-state index contributed by atoms with van der Waals surface area (Å²) in [6.07, 6.45) is 1.51. The van der Waals surface area contributed by atoms with Crippen molar-refractivity contribution in [1.82, 2.24) is 5.32 Å². The summed E-state index contributed by atoms with van der Waals surface area (Å²) in [4.78, 5) is 26.8. The number of piperidine rings is 1. The number of nitrogens with zero attached hydrogens (tertiary/aromatic N) is 1. The molecule has 1 saturated heterocycles. The highest BCUT2D eigenvalue weighted by molar-refractivity contribution is 5.81. The van der Waals surface area contributed by atoms with Crippen LogP contribution in [0.25, 0.3) is 11.1 Å². The standard InChI is InChI=1S/C29H30N2O4/c32-28(33)27(18-20-14-16-31(17-15-20)21-8-2-1-3-9-21)30-29(34)35-19-26-24-12-6-4-10-22(24)23-11-5-7-13-25(23)26/h1-13,20,26-27H,14-19H2,(H,30,34)(H,32,33)/t27-/m0/s1. The van der Waals surface area contributed by atoms with E-state index in [0.717, 1.165) is 48.2 Å². The van der Waals surface area contributed by atoms with Gasteiger partial charge in [-0.1, -0.05) is 66.7 Å². The summed E-state index contributed by atoms with van der Waals surface area (Å²) in [5.41, 5.74) is 5.75. The fraction of sp³-hybridized carbons (Fsp3) is 0.310. The van der Waals surface area contributed by atoms with Crippen molar-refractivity contribution in [2.45, 2.75) is 31.2 Å². The fourth-order valence-corrected chi connectivity index (χ4v) is 5.40. The topological polar surface area (TPSA) is 78.9 Å². The number of ether oxygens (including phenoxy) is 1. The molecule has 1 fully saturated rings. The SMILES string of the molecule is O=C(N[C@@H](CC1CCN(c2ccccc2)CC1)C(=O)O)OCC1c2ccccc2-c2ccccc21. The maximum Gasteiger partial charge on any atom is 0.407 e. The van der Waals surface area contributed by atoms with Crippen LogP contribution in [0.5, 0.6) is 0 Å². The van der Waals surface area contributed by atoms with Crippen LogP contribution >= 0.6 is 0 Å². The minimum Gasteiger partial charge on any atom is -0.480 e. The van der Waals surface area contributed by atoms with Crippen molar-refractivity contribution in [1.29, 1.82) is 0 Å². The molecule has 5 rings (SSSR count). The van der Waals surface area contributed by atoms with E-state index in [1.54, 1.807) is 0 Å². The maximum atomic E-state index is 12.6. The Morgan fingerprint density at radius 3 is 2.06 bits per heavy atom. The Hall–Kier alpha value is -3.80. The quantitative estimate of drug-likeness (QED) is 0.491. The van der Waals surface area contributed by atoms with E-state index in [1.807, 2.05) is 42.5 Å². The molecule has 0 radical (unpaired) electrons. The van der Waals surface area contributed by atoms with E-state index >= 15 is 0 Å². The molecular weight excluding hydrogens is 440 g/mol. The highest BCUT2D eigenvalue weighted by Gasteiger charge is 2.31. The van der Waals surface area contributed by atoms with Crippen LogP contribution in [-0.4, -0.2) is 42.9 Å². The first-order valence-electron chi connectivity index (χ1n) is 12.2. The molecule has 3 aromatic carbocycles. The van der Waals surface area contributed by atoms with Crippen LogP contribution in [0.1, 0.15) is 36.3 Å². The molecule has 6 heteroatoms. The molecule has 1 aliphatic heterocycles.